The molecule has 3 heterocycles. The normalized spacial score (nSPS) is 22.4. The van der Waals surface area contributed by atoms with Gasteiger partial charge in [-0.25, -0.2) is 4.98 Å². The van der Waals surface area contributed by atoms with Gasteiger partial charge in [0.15, 0.2) is 0 Å². The monoisotopic (exact) mass is 278 g/mol. The molecule has 20 heavy (non-hydrogen) atoms. The van der Waals surface area contributed by atoms with Crippen molar-refractivity contribution in [3.8, 4) is 0 Å². The van der Waals surface area contributed by atoms with Crippen molar-refractivity contribution in [1.29, 1.82) is 0 Å². The number of aromatic nitrogens is 2. The molecule has 2 fully saturated rings. The summed E-state index contributed by atoms with van der Waals surface area (Å²) >= 11 is 0. The predicted molar refractivity (Wildman–Crippen MR) is 77.2 cm³/mol. The van der Waals surface area contributed by atoms with Crippen molar-refractivity contribution in [2.24, 2.45) is 0 Å². The molecule has 0 aliphatic carbocycles. The van der Waals surface area contributed by atoms with Crippen LogP contribution in [0.2, 0.25) is 0 Å². The molecule has 2 N–H and O–H groups in total. The average Bonchev–Trinajstić information content (AvgIpc) is 3.17. The third-order valence-corrected chi connectivity index (χ3v) is 3.91. The first-order chi connectivity index (χ1) is 9.86. The summed E-state index contributed by atoms with van der Waals surface area (Å²) < 4.78 is 5.46. The summed E-state index contributed by atoms with van der Waals surface area (Å²) in [5, 5.41) is 12.0. The third kappa shape index (κ3) is 3.02. The van der Waals surface area contributed by atoms with Crippen molar-refractivity contribution >= 4 is 11.8 Å². The quantitative estimate of drug-likeness (QED) is 0.837. The maximum Gasteiger partial charge on any atom is 0.224 e. The Morgan fingerprint density at radius 1 is 1.35 bits per heavy atom. The fourth-order valence-electron chi connectivity index (χ4n) is 2.78. The smallest absolute Gasteiger partial charge is 0.224 e. The molecular formula is C14H22N4O2. The lowest BCUT2D eigenvalue weighted by molar-refractivity contribution is 0.193. The van der Waals surface area contributed by atoms with Crippen LogP contribution in [0.1, 0.15) is 30.9 Å². The highest BCUT2D eigenvalue weighted by molar-refractivity contribution is 5.46. The summed E-state index contributed by atoms with van der Waals surface area (Å²) in [6.07, 6.45) is 3.48. The van der Waals surface area contributed by atoms with Gasteiger partial charge in [0.25, 0.3) is 0 Å². The Morgan fingerprint density at radius 2 is 2.20 bits per heavy atom. The number of hydrogen-bond donors (Lipinski definition) is 2. The van der Waals surface area contributed by atoms with E-state index in [0.717, 1.165) is 44.2 Å². The zero-order valence-corrected chi connectivity index (χ0v) is 11.7. The molecule has 3 rings (SSSR count). The van der Waals surface area contributed by atoms with E-state index >= 15 is 0 Å². The second-order valence-corrected chi connectivity index (χ2v) is 5.38. The van der Waals surface area contributed by atoms with E-state index in [2.05, 4.69) is 26.3 Å². The Bertz CT molecular complexity index is 409. The number of rotatable bonds is 5. The van der Waals surface area contributed by atoms with E-state index in [-0.39, 0.29) is 6.61 Å². The molecule has 2 saturated heterocycles. The highest BCUT2D eigenvalue weighted by Crippen LogP contribution is 2.28. The maximum absolute atomic E-state index is 8.94. The first kappa shape index (κ1) is 13.6. The van der Waals surface area contributed by atoms with Crippen molar-refractivity contribution in [1.82, 2.24) is 9.97 Å². The molecule has 2 aliphatic rings. The molecule has 0 unspecified atom stereocenters. The van der Waals surface area contributed by atoms with Crippen LogP contribution in [0.3, 0.4) is 0 Å². The number of nitrogens with zero attached hydrogens (tertiary/aromatic N) is 3. The molecule has 0 saturated carbocycles. The fraction of sp³-hybridized carbons (Fsp3) is 0.714. The summed E-state index contributed by atoms with van der Waals surface area (Å²) in [6, 6.07) is 2.11. The van der Waals surface area contributed by atoms with E-state index in [1.54, 1.807) is 0 Å². The van der Waals surface area contributed by atoms with Gasteiger partial charge in [-0.05, 0) is 19.3 Å². The van der Waals surface area contributed by atoms with E-state index < -0.39 is 0 Å². The lowest BCUT2D eigenvalue weighted by Crippen LogP contribution is -2.21. The zero-order valence-electron chi connectivity index (χ0n) is 11.7. The second-order valence-electron chi connectivity index (χ2n) is 5.38. The minimum atomic E-state index is 0.0825. The second kappa shape index (κ2) is 6.37. The summed E-state index contributed by atoms with van der Waals surface area (Å²) in [6.45, 7) is 4.25. The van der Waals surface area contributed by atoms with Gasteiger partial charge in [-0.2, -0.15) is 4.98 Å². The number of ether oxygens (including phenoxy) is 1. The molecule has 1 aromatic heterocycles. The average molecular weight is 278 g/mol. The molecule has 1 atom stereocenters. The molecule has 6 nitrogen and oxygen atoms in total. The predicted octanol–water partition coefficient (Wildman–Crippen LogP) is 0.985. The minimum absolute atomic E-state index is 0.0825. The van der Waals surface area contributed by atoms with Crippen LogP contribution in [0.5, 0.6) is 0 Å². The van der Waals surface area contributed by atoms with E-state index in [1.165, 1.54) is 12.8 Å². The highest BCUT2D eigenvalue weighted by Gasteiger charge is 2.22. The van der Waals surface area contributed by atoms with E-state index in [0.29, 0.717) is 18.4 Å². The van der Waals surface area contributed by atoms with Gasteiger partial charge in [0.1, 0.15) is 5.82 Å². The highest BCUT2D eigenvalue weighted by atomic mass is 16.5. The van der Waals surface area contributed by atoms with Gasteiger partial charge in [0.05, 0.1) is 18.9 Å². The van der Waals surface area contributed by atoms with Crippen molar-refractivity contribution in [2.75, 3.05) is 49.7 Å². The molecule has 2 aliphatic heterocycles. The van der Waals surface area contributed by atoms with Crippen LogP contribution in [-0.2, 0) is 4.74 Å². The van der Waals surface area contributed by atoms with Gasteiger partial charge >= 0.3 is 0 Å². The van der Waals surface area contributed by atoms with Crippen molar-refractivity contribution in [3.05, 3.63) is 11.8 Å². The third-order valence-electron chi connectivity index (χ3n) is 3.91. The molecule has 0 radical (unpaired) electrons. The van der Waals surface area contributed by atoms with Gasteiger partial charge in [-0.15, -0.1) is 0 Å². The summed E-state index contributed by atoms with van der Waals surface area (Å²) in [5.41, 5.74) is 1.06. The van der Waals surface area contributed by atoms with Gasteiger partial charge in [-0.1, -0.05) is 0 Å². The Kier molecular flexibility index (Phi) is 4.32. The number of nitrogens with one attached hydrogen (secondary N) is 1. The van der Waals surface area contributed by atoms with Crippen LogP contribution >= 0.6 is 0 Å². The number of aliphatic hydroxyl groups excluding tert-OH is 1. The first-order valence-electron chi connectivity index (χ1n) is 7.43. The summed E-state index contributed by atoms with van der Waals surface area (Å²) in [4.78, 5) is 11.5. The van der Waals surface area contributed by atoms with E-state index in [4.69, 9.17) is 9.84 Å². The van der Waals surface area contributed by atoms with Gasteiger partial charge in [0, 0.05) is 38.2 Å². The first-order valence-corrected chi connectivity index (χ1v) is 7.43. The van der Waals surface area contributed by atoms with Crippen molar-refractivity contribution in [2.45, 2.75) is 25.2 Å². The van der Waals surface area contributed by atoms with Crippen LogP contribution < -0.4 is 10.2 Å². The summed E-state index contributed by atoms with van der Waals surface area (Å²) in [5.74, 6) is 1.99. The molecule has 0 aromatic carbocycles. The number of anilines is 2. The van der Waals surface area contributed by atoms with E-state index in [1.807, 2.05) is 0 Å². The van der Waals surface area contributed by atoms with Gasteiger partial charge in [-0.3, -0.25) is 0 Å². The molecule has 0 spiro atoms. The summed E-state index contributed by atoms with van der Waals surface area (Å²) in [7, 11) is 0. The van der Waals surface area contributed by atoms with Crippen LogP contribution in [0.25, 0.3) is 0 Å². The SMILES string of the molecule is OCCNc1nc([C@@H]2CCOC2)cc(N2CCCC2)n1. The lowest BCUT2D eigenvalue weighted by Gasteiger charge is -2.19. The molecule has 0 bridgehead atoms. The minimum Gasteiger partial charge on any atom is -0.395 e. The Morgan fingerprint density at radius 3 is 2.90 bits per heavy atom. The van der Waals surface area contributed by atoms with Crippen LogP contribution in [-0.4, -0.2) is 54.5 Å². The van der Waals surface area contributed by atoms with Gasteiger partial charge < -0.3 is 20.1 Å². The van der Waals surface area contributed by atoms with Crippen LogP contribution in [0.15, 0.2) is 6.07 Å². The van der Waals surface area contributed by atoms with Gasteiger partial charge in [0.2, 0.25) is 5.95 Å². The molecule has 0 amide bonds. The zero-order chi connectivity index (χ0) is 13.8. The van der Waals surface area contributed by atoms with Crippen LogP contribution in [0.4, 0.5) is 11.8 Å². The number of aliphatic hydroxyl groups is 1. The van der Waals surface area contributed by atoms with Crippen molar-refractivity contribution < 1.29 is 9.84 Å². The molecule has 1 aromatic rings. The topological polar surface area (TPSA) is 70.5 Å². The maximum atomic E-state index is 8.94. The molecule has 6 heteroatoms. The Balaban J connectivity index is 1.85. The van der Waals surface area contributed by atoms with Crippen molar-refractivity contribution in [3.63, 3.8) is 0 Å². The lowest BCUT2D eigenvalue weighted by atomic mass is 10.0. The molecular weight excluding hydrogens is 256 g/mol. The van der Waals surface area contributed by atoms with E-state index in [9.17, 15) is 0 Å². The fourth-order valence-corrected chi connectivity index (χ4v) is 2.78. The Hall–Kier alpha value is -1.40. The molecule has 110 valence electrons. The standard InChI is InChI=1S/C14H22N4O2/c19-7-4-15-14-16-12(11-3-8-20-10-11)9-13(17-14)18-5-1-2-6-18/h9,11,19H,1-8,10H2,(H,15,16,17)/t11-/m1/s1. The Labute approximate surface area is 119 Å². The van der Waals surface area contributed by atoms with Crippen LogP contribution in [0, 0.1) is 0 Å². The number of hydrogen-bond acceptors (Lipinski definition) is 6. The largest absolute Gasteiger partial charge is 0.395 e.